The van der Waals surface area contributed by atoms with E-state index in [0.29, 0.717) is 10.3 Å². The molecule has 0 bridgehead atoms. The van der Waals surface area contributed by atoms with Gasteiger partial charge in [-0.3, -0.25) is 0 Å². The van der Waals surface area contributed by atoms with E-state index in [-0.39, 0.29) is 18.3 Å². The third kappa shape index (κ3) is 4.20. The van der Waals surface area contributed by atoms with E-state index in [2.05, 4.69) is 53.6 Å². The lowest BCUT2D eigenvalue weighted by atomic mass is 9.79. The topological polar surface area (TPSA) is 96.3 Å². The van der Waals surface area contributed by atoms with Crippen LogP contribution < -0.4 is 16.9 Å². The first-order chi connectivity index (χ1) is 14.0. The average molecular weight is 505 g/mol. The van der Waals surface area contributed by atoms with Gasteiger partial charge in [0.05, 0.1) is 31.6 Å². The van der Waals surface area contributed by atoms with Gasteiger partial charge in [0, 0.05) is 4.47 Å². The molecule has 4 aromatic rings. The molecular formula is C20H22BBrN4O2S2. The Bertz CT molecular complexity index is 1210. The summed E-state index contributed by atoms with van der Waals surface area (Å²) in [6.07, 6.45) is 0. The van der Waals surface area contributed by atoms with Gasteiger partial charge in [-0.05, 0) is 63.5 Å². The number of nitrogens with two attached hydrogens (primary N) is 2. The minimum Gasteiger partial charge on any atom is -0.399 e. The third-order valence-electron chi connectivity index (χ3n) is 5.32. The van der Waals surface area contributed by atoms with Gasteiger partial charge in [-0.15, -0.1) is 0 Å². The summed E-state index contributed by atoms with van der Waals surface area (Å²) in [4.78, 5) is 8.38. The Balaban J connectivity index is 0.000000168. The van der Waals surface area contributed by atoms with Crippen LogP contribution in [0.3, 0.4) is 0 Å². The van der Waals surface area contributed by atoms with Gasteiger partial charge < -0.3 is 20.8 Å². The van der Waals surface area contributed by atoms with E-state index in [1.807, 2.05) is 36.4 Å². The second kappa shape index (κ2) is 7.76. The van der Waals surface area contributed by atoms with Crippen molar-refractivity contribution in [3.05, 3.63) is 40.9 Å². The molecule has 2 aromatic carbocycles. The molecule has 0 radical (unpaired) electrons. The van der Waals surface area contributed by atoms with Crippen molar-refractivity contribution in [1.29, 1.82) is 0 Å². The summed E-state index contributed by atoms with van der Waals surface area (Å²) in [6, 6.07) is 11.9. The van der Waals surface area contributed by atoms with Crippen molar-refractivity contribution < 1.29 is 9.31 Å². The fourth-order valence-electron chi connectivity index (χ4n) is 3.00. The van der Waals surface area contributed by atoms with Crippen molar-refractivity contribution in [3.63, 3.8) is 0 Å². The monoisotopic (exact) mass is 504 g/mol. The van der Waals surface area contributed by atoms with Crippen molar-refractivity contribution in [2.45, 2.75) is 38.9 Å². The summed E-state index contributed by atoms with van der Waals surface area (Å²) in [5.74, 6) is 0. The third-order valence-corrected chi connectivity index (χ3v) is 7.51. The van der Waals surface area contributed by atoms with Gasteiger partial charge in [-0.25, -0.2) is 9.97 Å². The second-order valence-electron chi connectivity index (χ2n) is 8.03. The predicted octanol–water partition coefficient (Wildman–Crippen LogP) is 4.82. The van der Waals surface area contributed by atoms with Crippen molar-refractivity contribution in [2.24, 2.45) is 0 Å². The number of benzene rings is 2. The molecule has 6 nitrogen and oxygen atoms in total. The number of halogens is 1. The summed E-state index contributed by atoms with van der Waals surface area (Å²) in [5, 5.41) is 1.21. The zero-order valence-corrected chi connectivity index (χ0v) is 20.3. The molecule has 1 aliphatic heterocycles. The van der Waals surface area contributed by atoms with Gasteiger partial charge in [-0.2, -0.15) is 0 Å². The first-order valence-electron chi connectivity index (χ1n) is 9.37. The smallest absolute Gasteiger partial charge is 0.399 e. The molecule has 0 amide bonds. The van der Waals surface area contributed by atoms with Crippen LogP contribution in [0.15, 0.2) is 40.9 Å². The molecule has 1 saturated heterocycles. The molecule has 4 N–H and O–H groups in total. The van der Waals surface area contributed by atoms with Crippen molar-refractivity contribution in [2.75, 3.05) is 11.5 Å². The largest absolute Gasteiger partial charge is 0.494 e. The predicted molar refractivity (Wildman–Crippen MR) is 131 cm³/mol. The van der Waals surface area contributed by atoms with Crippen LogP contribution in [0.5, 0.6) is 0 Å². The molecule has 0 aliphatic carbocycles. The van der Waals surface area contributed by atoms with Crippen LogP contribution in [-0.4, -0.2) is 28.3 Å². The zero-order valence-electron chi connectivity index (χ0n) is 17.1. The molecule has 5 rings (SSSR count). The lowest BCUT2D eigenvalue weighted by Crippen LogP contribution is -2.41. The normalized spacial score (nSPS) is 17.3. The Hall–Kier alpha value is -1.72. The van der Waals surface area contributed by atoms with Crippen LogP contribution in [0.1, 0.15) is 27.7 Å². The van der Waals surface area contributed by atoms with Crippen LogP contribution in [0.2, 0.25) is 0 Å². The number of anilines is 2. The Morgan fingerprint density at radius 2 is 1.33 bits per heavy atom. The highest BCUT2D eigenvalue weighted by Crippen LogP contribution is 2.36. The summed E-state index contributed by atoms with van der Waals surface area (Å²) in [6.45, 7) is 8.21. The standard InChI is InChI=1S/C13H17BN2O2S.C7H5BrN2S/c1-12(2)13(3,4)18-14(17-12)8-5-6-9-10(7-8)19-11(15)16-9;8-4-1-2-5-6(3-4)11-7(9)10-5/h5-7H,1-4H3,(H2,15,16);1-3H,(H2,9,10). The SMILES string of the molecule is CC1(C)OB(c2ccc3nc(N)sc3c2)OC1(C)C.Nc1nc2ccc(Br)cc2s1. The molecule has 3 heterocycles. The molecule has 0 saturated carbocycles. The van der Waals surface area contributed by atoms with Gasteiger partial charge >= 0.3 is 7.12 Å². The highest BCUT2D eigenvalue weighted by molar-refractivity contribution is 9.10. The van der Waals surface area contributed by atoms with Gasteiger partial charge in [0.1, 0.15) is 0 Å². The van der Waals surface area contributed by atoms with E-state index in [4.69, 9.17) is 20.8 Å². The lowest BCUT2D eigenvalue weighted by molar-refractivity contribution is 0.00578. The van der Waals surface area contributed by atoms with Crippen LogP contribution in [0.25, 0.3) is 20.4 Å². The van der Waals surface area contributed by atoms with Crippen LogP contribution >= 0.6 is 38.6 Å². The minimum atomic E-state index is -0.335. The highest BCUT2D eigenvalue weighted by Gasteiger charge is 2.51. The fraction of sp³-hybridized carbons (Fsp3) is 0.300. The quantitative estimate of drug-likeness (QED) is 0.361. The first kappa shape index (κ1) is 21.5. The van der Waals surface area contributed by atoms with Crippen molar-refractivity contribution >= 4 is 81.9 Å². The van der Waals surface area contributed by atoms with E-state index < -0.39 is 0 Å². The van der Waals surface area contributed by atoms with Gasteiger partial charge in [0.2, 0.25) is 0 Å². The van der Waals surface area contributed by atoms with Gasteiger partial charge in [-0.1, -0.05) is 44.7 Å². The zero-order chi connectivity index (χ0) is 21.7. The molecule has 10 heteroatoms. The maximum Gasteiger partial charge on any atom is 0.494 e. The number of hydrogen-bond acceptors (Lipinski definition) is 8. The number of thiazole rings is 2. The Morgan fingerprint density at radius 1 is 0.833 bits per heavy atom. The number of rotatable bonds is 1. The van der Waals surface area contributed by atoms with E-state index in [0.717, 1.165) is 30.4 Å². The number of nitrogens with zero attached hydrogens (tertiary/aromatic N) is 2. The molecule has 0 unspecified atom stereocenters. The molecule has 0 spiro atoms. The molecule has 1 aliphatic rings. The number of hydrogen-bond donors (Lipinski definition) is 2. The molecule has 1 fully saturated rings. The maximum absolute atomic E-state index is 6.04. The van der Waals surface area contributed by atoms with Gasteiger partial charge in [0.25, 0.3) is 0 Å². The van der Waals surface area contributed by atoms with Crippen molar-refractivity contribution in [1.82, 2.24) is 9.97 Å². The Morgan fingerprint density at radius 3 is 1.90 bits per heavy atom. The van der Waals surface area contributed by atoms with E-state index in [9.17, 15) is 0 Å². The van der Waals surface area contributed by atoms with E-state index in [1.165, 1.54) is 22.7 Å². The summed E-state index contributed by atoms with van der Waals surface area (Å²) < 4.78 is 15.3. The van der Waals surface area contributed by atoms with E-state index in [1.54, 1.807) is 0 Å². The Labute approximate surface area is 191 Å². The van der Waals surface area contributed by atoms with Crippen LogP contribution in [-0.2, 0) is 9.31 Å². The number of aromatic nitrogens is 2. The number of nitrogen functional groups attached to an aromatic ring is 2. The first-order valence-corrected chi connectivity index (χ1v) is 11.8. The lowest BCUT2D eigenvalue weighted by Gasteiger charge is -2.32. The second-order valence-corrected chi connectivity index (χ2v) is 11.1. The minimum absolute atomic E-state index is 0.320. The Kier molecular flexibility index (Phi) is 5.57. The average Bonchev–Trinajstić information content (AvgIpc) is 3.26. The summed E-state index contributed by atoms with van der Waals surface area (Å²) in [5.41, 5.74) is 13.5. The molecule has 2 aromatic heterocycles. The molecule has 0 atom stereocenters. The molecule has 156 valence electrons. The summed E-state index contributed by atoms with van der Waals surface area (Å²) in [7, 11) is -0.335. The number of fused-ring (bicyclic) bond motifs is 2. The summed E-state index contributed by atoms with van der Waals surface area (Å²) >= 11 is 6.36. The van der Waals surface area contributed by atoms with E-state index >= 15 is 0 Å². The highest BCUT2D eigenvalue weighted by atomic mass is 79.9. The van der Waals surface area contributed by atoms with Crippen LogP contribution in [0, 0.1) is 0 Å². The molecule has 30 heavy (non-hydrogen) atoms. The fourth-order valence-corrected chi connectivity index (χ4v) is 5.07. The van der Waals surface area contributed by atoms with Crippen LogP contribution in [0.4, 0.5) is 10.3 Å². The van der Waals surface area contributed by atoms with Gasteiger partial charge in [0.15, 0.2) is 10.3 Å². The maximum atomic E-state index is 6.04. The molecular weight excluding hydrogens is 483 g/mol. The van der Waals surface area contributed by atoms with Crippen molar-refractivity contribution in [3.8, 4) is 0 Å².